The molecule has 2 aliphatic rings. The van der Waals surface area contributed by atoms with Gasteiger partial charge in [-0.2, -0.15) is 0 Å². The minimum atomic E-state index is -0.691. The number of pyridine rings is 1. The molecule has 2 saturated heterocycles. The van der Waals surface area contributed by atoms with Crippen molar-refractivity contribution in [2.24, 2.45) is 11.7 Å². The number of nitrogens with two attached hydrogens (primary N) is 1. The Kier molecular flexibility index (Phi) is 3.46. The first kappa shape index (κ1) is 13.7. The molecule has 0 spiro atoms. The van der Waals surface area contributed by atoms with Gasteiger partial charge >= 0.3 is 0 Å². The topological polar surface area (TPSA) is 114 Å². The highest BCUT2D eigenvalue weighted by molar-refractivity contribution is 5.98. The Hall–Kier alpha value is -2.22. The lowest BCUT2D eigenvalue weighted by Crippen LogP contribution is -2.40. The maximum atomic E-state index is 11.6. The lowest BCUT2D eigenvalue weighted by molar-refractivity contribution is -0.385. The molecule has 8 nitrogen and oxygen atoms in total. The number of nitrogens with one attached hydrogen (secondary N) is 1. The molecule has 21 heavy (non-hydrogen) atoms. The van der Waals surface area contributed by atoms with Crippen molar-refractivity contribution in [3.05, 3.63) is 27.9 Å². The van der Waals surface area contributed by atoms with E-state index in [0.717, 1.165) is 32.5 Å². The Morgan fingerprint density at radius 1 is 1.52 bits per heavy atom. The standard InChI is InChI=1S/C13H17N5O3/c14-12(19)10-4-9(18(20)21)5-16-13(10)17-6-8-2-1-3-15-11(8)7-17/h4-5,8,11,15H,1-3,6-7H2,(H2,14,19). The highest BCUT2D eigenvalue weighted by atomic mass is 16.6. The fraction of sp³-hybridized carbons (Fsp3) is 0.538. The van der Waals surface area contributed by atoms with Gasteiger partial charge in [0.05, 0.1) is 10.5 Å². The van der Waals surface area contributed by atoms with Gasteiger partial charge in [-0.15, -0.1) is 0 Å². The molecule has 0 bridgehead atoms. The summed E-state index contributed by atoms with van der Waals surface area (Å²) in [6.07, 6.45) is 3.47. The van der Waals surface area contributed by atoms with Crippen LogP contribution in [0.2, 0.25) is 0 Å². The second-order valence-corrected chi connectivity index (χ2v) is 5.55. The molecule has 1 amide bonds. The summed E-state index contributed by atoms with van der Waals surface area (Å²) in [5.74, 6) is 0.282. The summed E-state index contributed by atoms with van der Waals surface area (Å²) >= 11 is 0. The van der Waals surface area contributed by atoms with E-state index < -0.39 is 10.8 Å². The number of nitrogens with zero attached hydrogens (tertiary/aromatic N) is 3. The first-order valence-electron chi connectivity index (χ1n) is 6.99. The Morgan fingerprint density at radius 2 is 2.33 bits per heavy atom. The number of anilines is 1. The number of carbonyl (C=O) groups excluding carboxylic acids is 1. The number of amides is 1. The van der Waals surface area contributed by atoms with Crippen LogP contribution in [0.5, 0.6) is 0 Å². The largest absolute Gasteiger partial charge is 0.365 e. The molecule has 0 aliphatic carbocycles. The highest BCUT2D eigenvalue weighted by Gasteiger charge is 2.36. The van der Waals surface area contributed by atoms with Crippen molar-refractivity contribution in [1.82, 2.24) is 10.3 Å². The number of fused-ring (bicyclic) bond motifs is 1. The molecule has 3 heterocycles. The predicted molar refractivity (Wildman–Crippen MR) is 76.1 cm³/mol. The fourth-order valence-corrected chi connectivity index (χ4v) is 3.20. The predicted octanol–water partition coefficient (Wildman–Crippen LogP) is 0.277. The molecule has 8 heteroatoms. The summed E-state index contributed by atoms with van der Waals surface area (Å²) in [5, 5.41) is 14.3. The van der Waals surface area contributed by atoms with E-state index >= 15 is 0 Å². The van der Waals surface area contributed by atoms with Gasteiger partial charge in [0.15, 0.2) is 0 Å². The molecule has 2 fully saturated rings. The van der Waals surface area contributed by atoms with Gasteiger partial charge in [0.25, 0.3) is 11.6 Å². The Morgan fingerprint density at radius 3 is 3.00 bits per heavy atom. The molecule has 0 radical (unpaired) electrons. The first-order valence-corrected chi connectivity index (χ1v) is 6.99. The van der Waals surface area contributed by atoms with Crippen molar-refractivity contribution in [3.8, 4) is 0 Å². The van der Waals surface area contributed by atoms with Gasteiger partial charge in [-0.3, -0.25) is 14.9 Å². The van der Waals surface area contributed by atoms with Crippen LogP contribution in [0.15, 0.2) is 12.3 Å². The van der Waals surface area contributed by atoms with Crippen LogP contribution >= 0.6 is 0 Å². The normalized spacial score (nSPS) is 24.7. The monoisotopic (exact) mass is 291 g/mol. The number of primary amides is 1. The maximum Gasteiger partial charge on any atom is 0.288 e. The van der Waals surface area contributed by atoms with Crippen molar-refractivity contribution in [2.45, 2.75) is 18.9 Å². The van der Waals surface area contributed by atoms with Gasteiger partial charge in [-0.25, -0.2) is 4.98 Å². The van der Waals surface area contributed by atoms with Crippen molar-refractivity contribution >= 4 is 17.4 Å². The Balaban J connectivity index is 1.91. The lowest BCUT2D eigenvalue weighted by Gasteiger charge is -2.24. The number of hydrogen-bond acceptors (Lipinski definition) is 6. The SMILES string of the molecule is NC(=O)c1cc([N+](=O)[O-])cnc1N1CC2CCCNC2C1. The van der Waals surface area contributed by atoms with E-state index in [-0.39, 0.29) is 11.3 Å². The molecule has 2 unspecified atom stereocenters. The number of carbonyl (C=O) groups is 1. The van der Waals surface area contributed by atoms with Crippen molar-refractivity contribution in [3.63, 3.8) is 0 Å². The summed E-state index contributed by atoms with van der Waals surface area (Å²) in [6.45, 7) is 2.55. The van der Waals surface area contributed by atoms with Gasteiger partial charge in [0, 0.05) is 25.2 Å². The van der Waals surface area contributed by atoms with E-state index in [2.05, 4.69) is 10.3 Å². The van der Waals surface area contributed by atoms with E-state index in [1.54, 1.807) is 0 Å². The molecular formula is C13H17N5O3. The average Bonchev–Trinajstić information content (AvgIpc) is 2.90. The van der Waals surface area contributed by atoms with Gasteiger partial charge < -0.3 is 16.0 Å². The van der Waals surface area contributed by atoms with E-state index in [4.69, 9.17) is 5.73 Å². The van der Waals surface area contributed by atoms with Gasteiger partial charge in [0.2, 0.25) is 0 Å². The fourth-order valence-electron chi connectivity index (χ4n) is 3.20. The summed E-state index contributed by atoms with van der Waals surface area (Å²) in [6, 6.07) is 1.59. The minimum Gasteiger partial charge on any atom is -0.365 e. The molecule has 3 N–H and O–H groups in total. The maximum absolute atomic E-state index is 11.6. The minimum absolute atomic E-state index is 0.114. The first-order chi connectivity index (χ1) is 10.1. The van der Waals surface area contributed by atoms with Crippen molar-refractivity contribution < 1.29 is 9.72 Å². The van der Waals surface area contributed by atoms with Crippen LogP contribution in [0.1, 0.15) is 23.2 Å². The Bertz CT molecular complexity index is 577. The van der Waals surface area contributed by atoms with Gasteiger partial charge in [0.1, 0.15) is 12.0 Å². The third-order valence-electron chi connectivity index (χ3n) is 4.23. The number of hydrogen-bond donors (Lipinski definition) is 2. The zero-order valence-electron chi connectivity index (χ0n) is 11.5. The van der Waals surface area contributed by atoms with Crippen LogP contribution < -0.4 is 16.0 Å². The molecular weight excluding hydrogens is 274 g/mol. The quantitative estimate of drug-likeness (QED) is 0.610. The average molecular weight is 291 g/mol. The Labute approximate surface area is 121 Å². The molecule has 3 rings (SSSR count). The third kappa shape index (κ3) is 2.54. The van der Waals surface area contributed by atoms with Crippen LogP contribution in [0.25, 0.3) is 0 Å². The van der Waals surface area contributed by atoms with Crippen LogP contribution in [-0.4, -0.2) is 41.5 Å². The molecule has 0 saturated carbocycles. The molecule has 1 aromatic rings. The van der Waals surface area contributed by atoms with E-state index in [0.29, 0.717) is 17.8 Å². The smallest absolute Gasteiger partial charge is 0.288 e. The van der Waals surface area contributed by atoms with Crippen molar-refractivity contribution in [2.75, 3.05) is 24.5 Å². The number of piperidine rings is 1. The van der Waals surface area contributed by atoms with Gasteiger partial charge in [-0.05, 0) is 25.3 Å². The zero-order valence-corrected chi connectivity index (χ0v) is 11.5. The summed E-state index contributed by atoms with van der Waals surface area (Å²) in [4.78, 5) is 27.9. The lowest BCUT2D eigenvalue weighted by atomic mass is 9.94. The third-order valence-corrected chi connectivity index (χ3v) is 4.23. The molecule has 1 aromatic heterocycles. The van der Waals surface area contributed by atoms with Crippen LogP contribution in [0.3, 0.4) is 0 Å². The van der Waals surface area contributed by atoms with Gasteiger partial charge in [-0.1, -0.05) is 0 Å². The highest BCUT2D eigenvalue weighted by Crippen LogP contribution is 2.30. The van der Waals surface area contributed by atoms with Crippen LogP contribution in [0, 0.1) is 16.0 Å². The molecule has 0 aromatic carbocycles. The van der Waals surface area contributed by atoms with E-state index in [1.807, 2.05) is 4.90 Å². The zero-order chi connectivity index (χ0) is 15.0. The summed E-state index contributed by atoms with van der Waals surface area (Å²) < 4.78 is 0. The second-order valence-electron chi connectivity index (χ2n) is 5.55. The number of aromatic nitrogens is 1. The molecule has 2 atom stereocenters. The van der Waals surface area contributed by atoms with Crippen LogP contribution in [0.4, 0.5) is 11.5 Å². The number of rotatable bonds is 3. The van der Waals surface area contributed by atoms with Crippen LogP contribution in [-0.2, 0) is 0 Å². The number of nitro groups is 1. The molecule has 2 aliphatic heterocycles. The molecule has 112 valence electrons. The van der Waals surface area contributed by atoms with Crippen molar-refractivity contribution in [1.29, 1.82) is 0 Å². The summed E-state index contributed by atoms with van der Waals surface area (Å²) in [7, 11) is 0. The second kappa shape index (κ2) is 5.28. The van der Waals surface area contributed by atoms with E-state index in [9.17, 15) is 14.9 Å². The summed E-state index contributed by atoms with van der Waals surface area (Å²) in [5.41, 5.74) is 5.25. The van der Waals surface area contributed by atoms with E-state index in [1.165, 1.54) is 12.3 Å².